The first-order chi connectivity index (χ1) is 13.2. The first kappa shape index (κ1) is 18.6. The molecule has 7 heteroatoms. The Morgan fingerprint density at radius 1 is 1.19 bits per heavy atom. The van der Waals surface area contributed by atoms with Crippen LogP contribution in [0.1, 0.15) is 35.7 Å². The maximum absolute atomic E-state index is 12.2. The number of hydrogen-bond donors (Lipinski definition) is 1. The van der Waals surface area contributed by atoms with Crippen molar-refractivity contribution in [3.05, 3.63) is 47.5 Å². The summed E-state index contributed by atoms with van der Waals surface area (Å²) in [7, 11) is 1.59. The standard InChI is InChI=1S/C20H22N2O5/c1-3-4-9-25-16-7-5-14(10-18(16)24-2)12-21-22-20(23)15-6-8-17-19(11-15)27-13-26-17/h5-8,10-12H,3-4,9,13H2,1-2H3,(H,22,23)/b21-12+. The molecule has 2 aromatic rings. The summed E-state index contributed by atoms with van der Waals surface area (Å²) in [5, 5.41) is 4.00. The number of hydrazone groups is 1. The molecule has 1 amide bonds. The highest BCUT2D eigenvalue weighted by atomic mass is 16.7. The molecule has 0 fully saturated rings. The van der Waals surface area contributed by atoms with Gasteiger partial charge in [-0.05, 0) is 48.4 Å². The van der Waals surface area contributed by atoms with Gasteiger partial charge in [-0.2, -0.15) is 5.10 Å². The number of amides is 1. The van der Waals surface area contributed by atoms with Crippen LogP contribution in [0.5, 0.6) is 23.0 Å². The maximum atomic E-state index is 12.2. The third kappa shape index (κ3) is 4.69. The van der Waals surface area contributed by atoms with Crippen molar-refractivity contribution < 1.29 is 23.7 Å². The van der Waals surface area contributed by atoms with E-state index in [-0.39, 0.29) is 12.7 Å². The lowest BCUT2D eigenvalue weighted by Crippen LogP contribution is -2.17. The average Bonchev–Trinajstić information content (AvgIpc) is 3.16. The summed E-state index contributed by atoms with van der Waals surface area (Å²) in [6.45, 7) is 2.92. The number of carbonyl (C=O) groups excluding carboxylic acids is 1. The van der Waals surface area contributed by atoms with Gasteiger partial charge in [0.2, 0.25) is 6.79 Å². The molecule has 0 bridgehead atoms. The minimum absolute atomic E-state index is 0.165. The van der Waals surface area contributed by atoms with Crippen LogP contribution in [0.25, 0.3) is 0 Å². The van der Waals surface area contributed by atoms with Crippen LogP contribution in [-0.4, -0.2) is 32.6 Å². The first-order valence-corrected chi connectivity index (χ1v) is 8.75. The largest absolute Gasteiger partial charge is 0.493 e. The quantitative estimate of drug-likeness (QED) is 0.438. The molecule has 1 aliphatic rings. The lowest BCUT2D eigenvalue weighted by molar-refractivity contribution is 0.0954. The molecule has 7 nitrogen and oxygen atoms in total. The molecule has 142 valence electrons. The van der Waals surface area contributed by atoms with Crippen molar-refractivity contribution in [2.45, 2.75) is 19.8 Å². The van der Waals surface area contributed by atoms with E-state index in [9.17, 15) is 4.79 Å². The third-order valence-electron chi connectivity index (χ3n) is 3.96. The fourth-order valence-corrected chi connectivity index (χ4v) is 2.48. The van der Waals surface area contributed by atoms with Gasteiger partial charge in [0, 0.05) is 5.56 Å². The summed E-state index contributed by atoms with van der Waals surface area (Å²) in [4.78, 5) is 12.2. The maximum Gasteiger partial charge on any atom is 0.271 e. The SMILES string of the molecule is CCCCOc1ccc(/C=N/NC(=O)c2ccc3c(c2)OCO3)cc1OC. The fourth-order valence-electron chi connectivity index (χ4n) is 2.48. The third-order valence-corrected chi connectivity index (χ3v) is 3.96. The first-order valence-electron chi connectivity index (χ1n) is 8.75. The smallest absolute Gasteiger partial charge is 0.271 e. The van der Waals surface area contributed by atoms with E-state index in [2.05, 4.69) is 17.5 Å². The van der Waals surface area contributed by atoms with Crippen molar-refractivity contribution in [3.63, 3.8) is 0 Å². The number of unbranched alkanes of at least 4 members (excludes halogenated alkanes) is 1. The molecule has 0 aromatic heterocycles. The van der Waals surface area contributed by atoms with Crippen LogP contribution < -0.4 is 24.4 Å². The summed E-state index contributed by atoms with van der Waals surface area (Å²) >= 11 is 0. The van der Waals surface area contributed by atoms with E-state index in [0.717, 1.165) is 18.4 Å². The minimum Gasteiger partial charge on any atom is -0.493 e. The Balaban J connectivity index is 1.61. The summed E-state index contributed by atoms with van der Waals surface area (Å²) in [5.41, 5.74) is 3.71. The van der Waals surface area contributed by atoms with Crippen molar-refractivity contribution in [3.8, 4) is 23.0 Å². The van der Waals surface area contributed by atoms with E-state index in [0.29, 0.717) is 35.2 Å². The normalized spacial score (nSPS) is 12.2. The predicted molar refractivity (Wildman–Crippen MR) is 101 cm³/mol. The second kappa shape index (κ2) is 8.93. The van der Waals surface area contributed by atoms with Gasteiger partial charge in [-0.3, -0.25) is 4.79 Å². The van der Waals surface area contributed by atoms with Crippen molar-refractivity contribution >= 4 is 12.1 Å². The molecule has 27 heavy (non-hydrogen) atoms. The molecular formula is C20H22N2O5. The van der Waals surface area contributed by atoms with Crippen molar-refractivity contribution in [2.24, 2.45) is 5.10 Å². The molecule has 0 aliphatic carbocycles. The number of hydrogen-bond acceptors (Lipinski definition) is 6. The number of nitrogens with zero attached hydrogens (tertiary/aromatic N) is 1. The van der Waals surface area contributed by atoms with E-state index in [4.69, 9.17) is 18.9 Å². The molecule has 3 rings (SSSR count). The molecule has 2 aromatic carbocycles. The number of nitrogens with one attached hydrogen (secondary N) is 1. The van der Waals surface area contributed by atoms with Crippen LogP contribution in [0.3, 0.4) is 0 Å². The minimum atomic E-state index is -0.337. The number of rotatable bonds is 8. The zero-order valence-corrected chi connectivity index (χ0v) is 15.4. The molecule has 0 unspecified atom stereocenters. The Kier molecular flexibility index (Phi) is 6.14. The van der Waals surface area contributed by atoms with Gasteiger partial charge in [0.25, 0.3) is 5.91 Å². The van der Waals surface area contributed by atoms with Crippen LogP contribution in [0.2, 0.25) is 0 Å². The van der Waals surface area contributed by atoms with Crippen molar-refractivity contribution in [1.82, 2.24) is 5.43 Å². The van der Waals surface area contributed by atoms with E-state index in [1.165, 1.54) is 0 Å². The van der Waals surface area contributed by atoms with E-state index in [1.807, 2.05) is 12.1 Å². The molecule has 1 N–H and O–H groups in total. The second-order valence-corrected chi connectivity index (χ2v) is 5.88. The van der Waals surface area contributed by atoms with Gasteiger partial charge in [0.1, 0.15) is 0 Å². The van der Waals surface area contributed by atoms with Gasteiger partial charge in [-0.25, -0.2) is 5.43 Å². The lowest BCUT2D eigenvalue weighted by atomic mass is 10.2. The highest BCUT2D eigenvalue weighted by Crippen LogP contribution is 2.32. The van der Waals surface area contributed by atoms with Crippen LogP contribution in [0.4, 0.5) is 0 Å². The summed E-state index contributed by atoms with van der Waals surface area (Å²) < 4.78 is 21.6. The summed E-state index contributed by atoms with van der Waals surface area (Å²) in [6.07, 6.45) is 3.59. The number of carbonyl (C=O) groups is 1. The van der Waals surface area contributed by atoms with Crippen LogP contribution >= 0.6 is 0 Å². The summed E-state index contributed by atoms with van der Waals surface area (Å²) in [6, 6.07) is 10.5. The molecule has 1 heterocycles. The molecule has 0 saturated carbocycles. The molecular weight excluding hydrogens is 348 g/mol. The van der Waals surface area contributed by atoms with Crippen LogP contribution in [0.15, 0.2) is 41.5 Å². The number of fused-ring (bicyclic) bond motifs is 1. The van der Waals surface area contributed by atoms with E-state index >= 15 is 0 Å². The van der Waals surface area contributed by atoms with Gasteiger partial charge in [0.15, 0.2) is 23.0 Å². The average molecular weight is 370 g/mol. The number of methoxy groups -OCH3 is 1. The van der Waals surface area contributed by atoms with E-state index < -0.39 is 0 Å². The zero-order chi connectivity index (χ0) is 19.1. The second-order valence-electron chi connectivity index (χ2n) is 5.88. The van der Waals surface area contributed by atoms with Crippen LogP contribution in [-0.2, 0) is 0 Å². The monoisotopic (exact) mass is 370 g/mol. The van der Waals surface area contributed by atoms with Gasteiger partial charge >= 0.3 is 0 Å². The Labute approximate surface area is 157 Å². The van der Waals surface area contributed by atoms with Gasteiger partial charge in [-0.1, -0.05) is 13.3 Å². The molecule has 0 atom stereocenters. The summed E-state index contributed by atoms with van der Waals surface area (Å²) in [5.74, 6) is 2.15. The number of benzene rings is 2. The van der Waals surface area contributed by atoms with Crippen molar-refractivity contribution in [2.75, 3.05) is 20.5 Å². The van der Waals surface area contributed by atoms with Gasteiger partial charge in [0.05, 0.1) is 19.9 Å². The fraction of sp³-hybridized carbons (Fsp3) is 0.300. The van der Waals surface area contributed by atoms with Gasteiger partial charge in [-0.15, -0.1) is 0 Å². The molecule has 0 radical (unpaired) electrons. The predicted octanol–water partition coefficient (Wildman–Crippen LogP) is 3.37. The lowest BCUT2D eigenvalue weighted by Gasteiger charge is -2.10. The Morgan fingerprint density at radius 3 is 2.85 bits per heavy atom. The topological polar surface area (TPSA) is 78.4 Å². The van der Waals surface area contributed by atoms with Crippen LogP contribution in [0, 0.1) is 0 Å². The molecule has 1 aliphatic heterocycles. The Hall–Kier alpha value is -3.22. The Bertz CT molecular complexity index is 835. The van der Waals surface area contributed by atoms with Gasteiger partial charge < -0.3 is 18.9 Å². The molecule has 0 spiro atoms. The van der Waals surface area contributed by atoms with Crippen molar-refractivity contribution in [1.29, 1.82) is 0 Å². The highest BCUT2D eigenvalue weighted by molar-refractivity contribution is 5.95. The Morgan fingerprint density at radius 2 is 2.04 bits per heavy atom. The highest BCUT2D eigenvalue weighted by Gasteiger charge is 2.15. The molecule has 0 saturated heterocycles. The number of ether oxygens (including phenoxy) is 4. The van der Waals surface area contributed by atoms with E-state index in [1.54, 1.807) is 37.6 Å². The zero-order valence-electron chi connectivity index (χ0n) is 15.4.